The number of hydrazine groups is 1. The highest BCUT2D eigenvalue weighted by molar-refractivity contribution is 5.95. The average molecular weight is 448 g/mol. The van der Waals surface area contributed by atoms with E-state index in [2.05, 4.69) is 19.9 Å². The normalized spacial score (nSPS) is 10.5. The van der Waals surface area contributed by atoms with E-state index < -0.39 is 23.5 Å². The van der Waals surface area contributed by atoms with E-state index in [1.165, 1.54) is 61.1 Å². The van der Waals surface area contributed by atoms with Gasteiger partial charge in [0.05, 0.1) is 22.3 Å². The third kappa shape index (κ3) is 4.38. The SMILES string of the molecule is NNC(=O)c1cccc(-c2nccc(OC(=O)c3cccc(-c4ncccn4)c3F)n2)c1F. The summed E-state index contributed by atoms with van der Waals surface area (Å²) < 4.78 is 34.9. The number of hydrogen-bond acceptors (Lipinski definition) is 8. The zero-order valence-electron chi connectivity index (χ0n) is 16.7. The minimum absolute atomic E-state index is 0.0190. The topological polar surface area (TPSA) is 133 Å². The predicted octanol–water partition coefficient (Wildman–Crippen LogP) is 2.70. The molecule has 4 rings (SSSR count). The lowest BCUT2D eigenvalue weighted by Gasteiger charge is -2.09. The number of aromatic nitrogens is 4. The minimum atomic E-state index is -1.04. The van der Waals surface area contributed by atoms with Gasteiger partial charge in [0.25, 0.3) is 5.91 Å². The zero-order valence-corrected chi connectivity index (χ0v) is 16.7. The molecule has 0 atom stereocenters. The van der Waals surface area contributed by atoms with Gasteiger partial charge in [-0.15, -0.1) is 0 Å². The van der Waals surface area contributed by atoms with Crippen molar-refractivity contribution in [1.29, 1.82) is 0 Å². The fraction of sp³-hybridized carbons (Fsp3) is 0. The fourth-order valence-electron chi connectivity index (χ4n) is 2.94. The van der Waals surface area contributed by atoms with Crippen molar-refractivity contribution in [2.75, 3.05) is 0 Å². The molecular formula is C22H14F2N6O3. The lowest BCUT2D eigenvalue weighted by Crippen LogP contribution is -2.30. The van der Waals surface area contributed by atoms with E-state index in [1.807, 2.05) is 5.43 Å². The van der Waals surface area contributed by atoms with Crippen molar-refractivity contribution in [1.82, 2.24) is 25.4 Å². The molecule has 0 radical (unpaired) electrons. The van der Waals surface area contributed by atoms with Crippen LogP contribution in [-0.2, 0) is 0 Å². The van der Waals surface area contributed by atoms with Crippen LogP contribution >= 0.6 is 0 Å². The van der Waals surface area contributed by atoms with E-state index in [0.29, 0.717) is 0 Å². The summed E-state index contributed by atoms with van der Waals surface area (Å²) in [5.41, 5.74) is 1.06. The first-order valence-corrected chi connectivity index (χ1v) is 9.40. The van der Waals surface area contributed by atoms with E-state index in [1.54, 1.807) is 6.07 Å². The van der Waals surface area contributed by atoms with E-state index >= 15 is 0 Å². The summed E-state index contributed by atoms with van der Waals surface area (Å²) in [6.45, 7) is 0. The van der Waals surface area contributed by atoms with Crippen LogP contribution in [0.2, 0.25) is 0 Å². The molecule has 0 spiro atoms. The van der Waals surface area contributed by atoms with Crippen molar-refractivity contribution >= 4 is 11.9 Å². The van der Waals surface area contributed by atoms with Gasteiger partial charge in [0.15, 0.2) is 11.6 Å². The van der Waals surface area contributed by atoms with Gasteiger partial charge in [-0.1, -0.05) is 12.1 Å². The first-order valence-electron chi connectivity index (χ1n) is 9.40. The van der Waals surface area contributed by atoms with Crippen molar-refractivity contribution < 1.29 is 23.1 Å². The standard InChI is InChI=1S/C22H14F2N6O3/c23-17-13(5-1-6-14(17)21(31)30-25)20-28-11-8-16(29-20)33-22(32)15-7-2-4-12(18(15)24)19-26-9-3-10-27-19/h1-11H,25H2,(H,30,31). The van der Waals surface area contributed by atoms with Crippen molar-refractivity contribution in [3.63, 3.8) is 0 Å². The highest BCUT2D eigenvalue weighted by atomic mass is 19.1. The smallest absolute Gasteiger partial charge is 0.347 e. The molecule has 0 aliphatic rings. The first kappa shape index (κ1) is 21.6. The molecule has 2 aromatic carbocycles. The number of nitrogens with two attached hydrogens (primary N) is 1. The lowest BCUT2D eigenvalue weighted by molar-refractivity contribution is 0.0722. The third-order valence-corrected chi connectivity index (χ3v) is 4.47. The van der Waals surface area contributed by atoms with E-state index in [9.17, 15) is 18.4 Å². The van der Waals surface area contributed by atoms with Gasteiger partial charge in [-0.3, -0.25) is 10.2 Å². The summed E-state index contributed by atoms with van der Waals surface area (Å²) >= 11 is 0. The molecule has 9 nitrogen and oxygen atoms in total. The van der Waals surface area contributed by atoms with Gasteiger partial charge < -0.3 is 4.74 Å². The number of nitrogens with zero attached hydrogens (tertiary/aromatic N) is 4. The third-order valence-electron chi connectivity index (χ3n) is 4.47. The van der Waals surface area contributed by atoms with Crippen molar-refractivity contribution in [2.45, 2.75) is 0 Å². The van der Waals surface area contributed by atoms with Gasteiger partial charge in [0, 0.05) is 24.7 Å². The van der Waals surface area contributed by atoms with Crippen LogP contribution in [0.15, 0.2) is 67.1 Å². The summed E-state index contributed by atoms with van der Waals surface area (Å²) in [6.07, 6.45) is 4.12. The van der Waals surface area contributed by atoms with Gasteiger partial charge in [-0.05, 0) is 30.3 Å². The van der Waals surface area contributed by atoms with Gasteiger partial charge >= 0.3 is 5.97 Å². The Labute approximate surface area is 185 Å². The Bertz CT molecular complexity index is 1350. The molecule has 164 valence electrons. The van der Waals surface area contributed by atoms with Gasteiger partial charge in [-0.2, -0.15) is 4.98 Å². The molecule has 1 amide bonds. The monoisotopic (exact) mass is 448 g/mol. The summed E-state index contributed by atoms with van der Waals surface area (Å²) in [6, 6.07) is 10.9. The van der Waals surface area contributed by atoms with Crippen LogP contribution in [0.5, 0.6) is 5.88 Å². The summed E-state index contributed by atoms with van der Waals surface area (Å²) in [5, 5.41) is 0. The zero-order chi connectivity index (χ0) is 23.4. The van der Waals surface area contributed by atoms with Crippen LogP contribution in [-0.4, -0.2) is 31.8 Å². The average Bonchev–Trinajstić information content (AvgIpc) is 2.84. The molecule has 0 bridgehead atoms. The second-order valence-electron chi connectivity index (χ2n) is 6.49. The first-order chi connectivity index (χ1) is 16.0. The molecule has 0 unspecified atom stereocenters. The number of ether oxygens (including phenoxy) is 1. The van der Waals surface area contributed by atoms with Crippen molar-refractivity contribution in [3.8, 4) is 28.7 Å². The second-order valence-corrected chi connectivity index (χ2v) is 6.49. The molecule has 0 aliphatic carbocycles. The quantitative estimate of drug-likeness (QED) is 0.206. The molecule has 3 N–H and O–H groups in total. The number of benzene rings is 2. The maximum absolute atomic E-state index is 15.0. The number of esters is 1. The molecule has 2 aromatic heterocycles. The van der Waals surface area contributed by atoms with Gasteiger partial charge in [0.1, 0.15) is 11.6 Å². The number of nitrogen functional groups attached to an aromatic ring is 1. The summed E-state index contributed by atoms with van der Waals surface area (Å²) in [5.74, 6) is 1.11. The molecule has 33 heavy (non-hydrogen) atoms. The fourth-order valence-corrected chi connectivity index (χ4v) is 2.94. The largest absolute Gasteiger partial charge is 0.404 e. The molecule has 0 saturated carbocycles. The van der Waals surface area contributed by atoms with E-state index in [0.717, 1.165) is 0 Å². The van der Waals surface area contributed by atoms with Gasteiger partial charge in [0.2, 0.25) is 5.88 Å². The molecule has 0 aliphatic heterocycles. The molecule has 11 heteroatoms. The Morgan fingerprint density at radius 1 is 0.788 bits per heavy atom. The number of hydrogen-bond donors (Lipinski definition) is 2. The van der Waals surface area contributed by atoms with Crippen molar-refractivity contribution in [2.24, 2.45) is 5.84 Å². The van der Waals surface area contributed by atoms with Crippen LogP contribution in [0, 0.1) is 11.6 Å². The van der Waals surface area contributed by atoms with Gasteiger partial charge in [-0.25, -0.2) is 34.4 Å². The van der Waals surface area contributed by atoms with Crippen molar-refractivity contribution in [3.05, 3.63) is 89.9 Å². The van der Waals surface area contributed by atoms with E-state index in [-0.39, 0.29) is 39.8 Å². The van der Waals surface area contributed by atoms with Crippen LogP contribution in [0.3, 0.4) is 0 Å². The number of carbonyl (C=O) groups is 2. The lowest BCUT2D eigenvalue weighted by atomic mass is 10.1. The number of carbonyl (C=O) groups excluding carboxylic acids is 2. The second kappa shape index (κ2) is 9.24. The number of halogens is 2. The highest BCUT2D eigenvalue weighted by Crippen LogP contribution is 2.25. The number of rotatable bonds is 5. The molecule has 2 heterocycles. The molecule has 0 fully saturated rings. The van der Waals surface area contributed by atoms with Crippen LogP contribution < -0.4 is 16.0 Å². The Morgan fingerprint density at radius 3 is 2.09 bits per heavy atom. The predicted molar refractivity (Wildman–Crippen MR) is 111 cm³/mol. The highest BCUT2D eigenvalue weighted by Gasteiger charge is 2.21. The molecule has 0 saturated heterocycles. The maximum Gasteiger partial charge on any atom is 0.347 e. The maximum atomic E-state index is 15.0. The van der Waals surface area contributed by atoms with Crippen LogP contribution in [0.25, 0.3) is 22.8 Å². The summed E-state index contributed by atoms with van der Waals surface area (Å²) in [7, 11) is 0. The van der Waals surface area contributed by atoms with Crippen LogP contribution in [0.1, 0.15) is 20.7 Å². The number of amides is 1. The Kier molecular flexibility index (Phi) is 6.04. The molecular weight excluding hydrogens is 434 g/mol. The van der Waals surface area contributed by atoms with E-state index in [4.69, 9.17) is 10.6 Å². The summed E-state index contributed by atoms with van der Waals surface area (Å²) in [4.78, 5) is 40.2. The van der Waals surface area contributed by atoms with Crippen LogP contribution in [0.4, 0.5) is 8.78 Å². The Hall–Kier alpha value is -4.64. The Morgan fingerprint density at radius 2 is 1.39 bits per heavy atom. The Balaban J connectivity index is 1.63. The number of nitrogens with one attached hydrogen (secondary N) is 1. The molecule has 4 aromatic rings. The minimum Gasteiger partial charge on any atom is -0.404 e.